The van der Waals surface area contributed by atoms with Crippen LogP contribution in [0.15, 0.2) is 0 Å². The number of ether oxygens (including phenoxy) is 1. The Labute approximate surface area is 74.9 Å². The molecule has 1 aliphatic rings. The van der Waals surface area contributed by atoms with Crippen molar-refractivity contribution in [2.75, 3.05) is 6.61 Å². The van der Waals surface area contributed by atoms with Gasteiger partial charge in [-0.2, -0.15) is 0 Å². The minimum atomic E-state index is -0.253. The average molecular weight is 172 g/mol. The van der Waals surface area contributed by atoms with Crippen molar-refractivity contribution in [1.29, 1.82) is 0 Å². The smallest absolute Gasteiger partial charge is 0.0776 e. The summed E-state index contributed by atoms with van der Waals surface area (Å²) in [5.74, 6) is 0.781. The monoisotopic (exact) mass is 172 g/mol. The van der Waals surface area contributed by atoms with E-state index in [2.05, 4.69) is 0 Å². The highest BCUT2D eigenvalue weighted by Crippen LogP contribution is 2.33. The Morgan fingerprint density at radius 1 is 1.42 bits per heavy atom. The fourth-order valence-corrected chi connectivity index (χ4v) is 1.15. The van der Waals surface area contributed by atoms with Gasteiger partial charge in [0.05, 0.1) is 18.3 Å². The third kappa shape index (κ3) is 4.73. The number of rotatable bonds is 4. The zero-order valence-corrected chi connectivity index (χ0v) is 8.34. The molecule has 1 rings (SSSR count). The molecule has 0 aliphatic heterocycles. The van der Waals surface area contributed by atoms with Crippen molar-refractivity contribution in [2.45, 2.75) is 51.7 Å². The van der Waals surface area contributed by atoms with Crippen molar-refractivity contribution >= 4 is 0 Å². The molecule has 1 atom stereocenters. The first kappa shape index (κ1) is 10.0. The number of hydrogen-bond donors (Lipinski definition) is 1. The van der Waals surface area contributed by atoms with Gasteiger partial charge in [0.25, 0.3) is 0 Å². The van der Waals surface area contributed by atoms with E-state index in [0.717, 1.165) is 12.3 Å². The summed E-state index contributed by atoms with van der Waals surface area (Å²) in [5, 5.41) is 9.50. The molecule has 2 nitrogen and oxygen atoms in total. The summed E-state index contributed by atoms with van der Waals surface area (Å²) in [4.78, 5) is 0. The van der Waals surface area contributed by atoms with Crippen LogP contribution in [-0.4, -0.2) is 23.4 Å². The van der Waals surface area contributed by atoms with Gasteiger partial charge >= 0.3 is 0 Å². The molecule has 1 unspecified atom stereocenters. The van der Waals surface area contributed by atoms with E-state index >= 15 is 0 Å². The van der Waals surface area contributed by atoms with Crippen LogP contribution in [-0.2, 0) is 4.74 Å². The molecule has 2 heteroatoms. The highest BCUT2D eigenvalue weighted by atomic mass is 16.5. The fourth-order valence-electron chi connectivity index (χ4n) is 1.15. The molecule has 0 radical (unpaired) electrons. The van der Waals surface area contributed by atoms with Gasteiger partial charge in [-0.1, -0.05) is 12.8 Å². The lowest BCUT2D eigenvalue weighted by Gasteiger charge is -2.21. The van der Waals surface area contributed by atoms with Crippen LogP contribution in [0.25, 0.3) is 0 Å². The first-order chi connectivity index (χ1) is 5.47. The van der Waals surface area contributed by atoms with Gasteiger partial charge in [-0.05, 0) is 33.1 Å². The maximum absolute atomic E-state index is 9.50. The Bertz CT molecular complexity index is 133. The number of aliphatic hydroxyl groups excluding tert-OH is 1. The molecule has 0 aromatic rings. The average Bonchev–Trinajstić information content (AvgIpc) is 2.66. The summed E-state index contributed by atoms with van der Waals surface area (Å²) in [5.41, 5.74) is -0.121. The lowest BCUT2D eigenvalue weighted by atomic mass is 10.1. The molecular formula is C10H20O2. The molecule has 0 saturated heterocycles. The third-order valence-corrected chi connectivity index (χ3v) is 2.01. The molecule has 1 N–H and O–H groups in total. The molecule has 0 heterocycles. The van der Waals surface area contributed by atoms with Crippen LogP contribution in [0.2, 0.25) is 0 Å². The summed E-state index contributed by atoms with van der Waals surface area (Å²) in [6, 6.07) is 0. The molecule has 1 fully saturated rings. The van der Waals surface area contributed by atoms with Crippen LogP contribution in [0.4, 0.5) is 0 Å². The van der Waals surface area contributed by atoms with Gasteiger partial charge in [-0.15, -0.1) is 0 Å². The second kappa shape index (κ2) is 3.75. The predicted molar refractivity (Wildman–Crippen MR) is 49.1 cm³/mol. The molecule has 0 aromatic heterocycles. The summed E-state index contributed by atoms with van der Waals surface area (Å²) in [6.45, 7) is 6.52. The first-order valence-corrected chi connectivity index (χ1v) is 4.79. The Kier molecular flexibility index (Phi) is 3.13. The minimum Gasteiger partial charge on any atom is -0.391 e. The highest BCUT2D eigenvalue weighted by molar-refractivity contribution is 4.76. The maximum Gasteiger partial charge on any atom is 0.0776 e. The van der Waals surface area contributed by atoms with Crippen molar-refractivity contribution in [1.82, 2.24) is 0 Å². The van der Waals surface area contributed by atoms with E-state index in [1.54, 1.807) is 0 Å². The first-order valence-electron chi connectivity index (χ1n) is 4.79. The second-order valence-corrected chi connectivity index (χ2v) is 4.76. The zero-order chi connectivity index (χ0) is 9.19. The Hall–Kier alpha value is -0.0800. The van der Waals surface area contributed by atoms with Gasteiger partial charge < -0.3 is 9.84 Å². The Balaban J connectivity index is 2.04. The van der Waals surface area contributed by atoms with E-state index in [1.807, 2.05) is 20.8 Å². The summed E-state index contributed by atoms with van der Waals surface area (Å²) in [7, 11) is 0. The van der Waals surface area contributed by atoms with E-state index in [9.17, 15) is 5.11 Å². The maximum atomic E-state index is 9.50. The van der Waals surface area contributed by atoms with Crippen molar-refractivity contribution in [2.24, 2.45) is 5.92 Å². The summed E-state index contributed by atoms with van der Waals surface area (Å²) >= 11 is 0. The second-order valence-electron chi connectivity index (χ2n) is 4.76. The van der Waals surface area contributed by atoms with E-state index < -0.39 is 0 Å². The van der Waals surface area contributed by atoms with Gasteiger partial charge in [-0.3, -0.25) is 0 Å². The molecule has 1 saturated carbocycles. The molecule has 0 aromatic carbocycles. The summed E-state index contributed by atoms with van der Waals surface area (Å²) < 4.78 is 5.47. The van der Waals surface area contributed by atoms with Gasteiger partial charge in [-0.25, -0.2) is 0 Å². The molecule has 0 amide bonds. The molecule has 12 heavy (non-hydrogen) atoms. The van der Waals surface area contributed by atoms with Crippen LogP contribution in [0.5, 0.6) is 0 Å². The van der Waals surface area contributed by atoms with E-state index in [1.165, 1.54) is 12.8 Å². The van der Waals surface area contributed by atoms with Gasteiger partial charge in [0, 0.05) is 0 Å². The summed E-state index contributed by atoms with van der Waals surface area (Å²) in [6.07, 6.45) is 3.27. The quantitative estimate of drug-likeness (QED) is 0.702. The molecule has 72 valence electrons. The third-order valence-electron chi connectivity index (χ3n) is 2.01. The van der Waals surface area contributed by atoms with Gasteiger partial charge in [0.2, 0.25) is 0 Å². The number of hydrogen-bond acceptors (Lipinski definition) is 2. The highest BCUT2D eigenvalue weighted by Gasteiger charge is 2.25. The lowest BCUT2D eigenvalue weighted by molar-refractivity contribution is -0.0516. The molecule has 0 spiro atoms. The SMILES string of the molecule is CC(C)(C)OCC(O)CC1CC1. The fraction of sp³-hybridized carbons (Fsp3) is 1.00. The standard InChI is InChI=1S/C10H20O2/c1-10(2,3)12-7-9(11)6-8-4-5-8/h8-9,11H,4-7H2,1-3H3. The normalized spacial score (nSPS) is 21.0. The van der Waals surface area contributed by atoms with E-state index in [4.69, 9.17) is 4.74 Å². The molecular weight excluding hydrogens is 152 g/mol. The predicted octanol–water partition coefficient (Wildman–Crippen LogP) is 1.96. The van der Waals surface area contributed by atoms with Crippen LogP contribution >= 0.6 is 0 Å². The van der Waals surface area contributed by atoms with Crippen molar-refractivity contribution in [3.8, 4) is 0 Å². The van der Waals surface area contributed by atoms with Crippen molar-refractivity contribution in [3.05, 3.63) is 0 Å². The number of aliphatic hydroxyl groups is 1. The van der Waals surface area contributed by atoms with Gasteiger partial charge in [0.1, 0.15) is 0 Å². The largest absolute Gasteiger partial charge is 0.391 e. The van der Waals surface area contributed by atoms with Crippen molar-refractivity contribution in [3.63, 3.8) is 0 Å². The zero-order valence-electron chi connectivity index (χ0n) is 8.34. The van der Waals surface area contributed by atoms with Crippen molar-refractivity contribution < 1.29 is 9.84 Å². The van der Waals surface area contributed by atoms with Gasteiger partial charge in [0.15, 0.2) is 0 Å². The lowest BCUT2D eigenvalue weighted by Crippen LogP contribution is -2.26. The topological polar surface area (TPSA) is 29.5 Å². The molecule has 0 bridgehead atoms. The van der Waals surface area contributed by atoms with Crippen LogP contribution < -0.4 is 0 Å². The van der Waals surface area contributed by atoms with Crippen LogP contribution in [0.1, 0.15) is 40.0 Å². The minimum absolute atomic E-state index is 0.121. The Morgan fingerprint density at radius 2 is 2.00 bits per heavy atom. The van der Waals surface area contributed by atoms with E-state index in [-0.39, 0.29) is 11.7 Å². The molecule has 1 aliphatic carbocycles. The van der Waals surface area contributed by atoms with E-state index in [0.29, 0.717) is 6.61 Å². The van der Waals surface area contributed by atoms with Crippen LogP contribution in [0, 0.1) is 5.92 Å². The van der Waals surface area contributed by atoms with Crippen LogP contribution in [0.3, 0.4) is 0 Å². The Morgan fingerprint density at radius 3 is 2.42 bits per heavy atom.